The van der Waals surface area contributed by atoms with Crippen LogP contribution >= 0.6 is 11.6 Å². The fourth-order valence-corrected chi connectivity index (χ4v) is 6.57. The Morgan fingerprint density at radius 3 is 2.29 bits per heavy atom. The zero-order valence-electron chi connectivity index (χ0n) is 23.2. The SMILES string of the molecule is Cc1oc(-c2ccc(Cl)cc2)cc1C(=O)N(C)[C@H]1CCN(C(=O)N(C)[C@@H]2CCN(C3CCC(C)CC3)C2)C1. The number of hydrogen-bond acceptors (Lipinski definition) is 4. The van der Waals surface area contributed by atoms with Crippen LogP contribution in [-0.2, 0) is 0 Å². The second-order valence-electron chi connectivity index (χ2n) is 11.6. The molecule has 3 aliphatic rings. The Balaban J connectivity index is 1.16. The number of carbonyl (C=O) groups excluding carboxylic acids is 2. The van der Waals surface area contributed by atoms with Gasteiger partial charge >= 0.3 is 6.03 Å². The Morgan fingerprint density at radius 1 is 0.921 bits per heavy atom. The molecule has 3 fully saturated rings. The minimum Gasteiger partial charge on any atom is -0.461 e. The van der Waals surface area contributed by atoms with Crippen molar-refractivity contribution in [2.45, 2.75) is 70.5 Å². The maximum atomic E-state index is 13.4. The molecule has 0 unspecified atom stereocenters. The van der Waals surface area contributed by atoms with Crippen molar-refractivity contribution in [1.29, 1.82) is 0 Å². The van der Waals surface area contributed by atoms with Crippen LogP contribution in [0.25, 0.3) is 11.3 Å². The van der Waals surface area contributed by atoms with Crippen LogP contribution in [0.4, 0.5) is 4.79 Å². The fraction of sp³-hybridized carbons (Fsp3) is 0.600. The van der Waals surface area contributed by atoms with Crippen LogP contribution in [-0.4, -0.2) is 89.9 Å². The highest BCUT2D eigenvalue weighted by Crippen LogP contribution is 2.31. The lowest BCUT2D eigenvalue weighted by molar-refractivity contribution is 0.0732. The van der Waals surface area contributed by atoms with E-state index in [1.165, 1.54) is 25.7 Å². The highest BCUT2D eigenvalue weighted by atomic mass is 35.5. The second kappa shape index (κ2) is 11.3. The predicted octanol–water partition coefficient (Wildman–Crippen LogP) is 5.76. The number of amides is 3. The molecule has 2 aliphatic heterocycles. The summed E-state index contributed by atoms with van der Waals surface area (Å²) >= 11 is 6.01. The third-order valence-corrected chi connectivity index (χ3v) is 9.38. The predicted molar refractivity (Wildman–Crippen MR) is 151 cm³/mol. The second-order valence-corrected chi connectivity index (χ2v) is 12.1. The molecule has 2 aromatic rings. The minimum atomic E-state index is -0.0765. The van der Waals surface area contributed by atoms with Gasteiger partial charge in [0, 0.05) is 62.9 Å². The molecule has 5 rings (SSSR count). The van der Waals surface area contributed by atoms with Crippen molar-refractivity contribution < 1.29 is 14.0 Å². The van der Waals surface area contributed by atoms with Crippen molar-refractivity contribution in [1.82, 2.24) is 19.6 Å². The molecule has 3 heterocycles. The van der Waals surface area contributed by atoms with Gasteiger partial charge in [0.05, 0.1) is 11.6 Å². The van der Waals surface area contributed by atoms with Crippen molar-refractivity contribution in [3.63, 3.8) is 0 Å². The van der Waals surface area contributed by atoms with E-state index >= 15 is 0 Å². The van der Waals surface area contributed by atoms with Crippen molar-refractivity contribution in [3.05, 3.63) is 46.7 Å². The van der Waals surface area contributed by atoms with Crippen molar-refractivity contribution in [2.75, 3.05) is 40.3 Å². The van der Waals surface area contributed by atoms with Gasteiger partial charge in [-0.3, -0.25) is 9.69 Å². The van der Waals surface area contributed by atoms with Gasteiger partial charge in [0.15, 0.2) is 0 Å². The number of nitrogens with zero attached hydrogens (tertiary/aromatic N) is 4. The van der Waals surface area contributed by atoms with E-state index in [1.807, 2.05) is 61.2 Å². The number of hydrogen-bond donors (Lipinski definition) is 0. The molecule has 1 aromatic carbocycles. The molecule has 2 saturated heterocycles. The average Bonchev–Trinajstić information content (AvgIpc) is 3.68. The summed E-state index contributed by atoms with van der Waals surface area (Å²) in [5.74, 6) is 2.02. The van der Waals surface area contributed by atoms with Crippen LogP contribution in [0.5, 0.6) is 0 Å². The molecule has 1 saturated carbocycles. The van der Waals surface area contributed by atoms with E-state index in [-0.39, 0.29) is 24.0 Å². The number of carbonyl (C=O) groups is 2. The van der Waals surface area contributed by atoms with Crippen molar-refractivity contribution >= 4 is 23.5 Å². The largest absolute Gasteiger partial charge is 0.461 e. The van der Waals surface area contributed by atoms with Gasteiger partial charge in [-0.1, -0.05) is 18.5 Å². The molecule has 0 spiro atoms. The quantitative estimate of drug-likeness (QED) is 0.484. The van der Waals surface area contributed by atoms with Crippen LogP contribution in [0.2, 0.25) is 5.02 Å². The minimum absolute atomic E-state index is 0.0163. The smallest absolute Gasteiger partial charge is 0.320 e. The summed E-state index contributed by atoms with van der Waals surface area (Å²) in [7, 11) is 3.79. The van der Waals surface area contributed by atoms with Crippen molar-refractivity contribution in [3.8, 4) is 11.3 Å². The van der Waals surface area contributed by atoms with Crippen LogP contribution in [0.15, 0.2) is 34.7 Å². The third kappa shape index (κ3) is 5.59. The summed E-state index contributed by atoms with van der Waals surface area (Å²) in [5.41, 5.74) is 1.44. The Kier molecular flexibility index (Phi) is 8.06. The first-order valence-electron chi connectivity index (χ1n) is 14.1. The number of benzene rings is 1. The maximum absolute atomic E-state index is 13.4. The number of likely N-dealkylation sites (N-methyl/N-ethyl adjacent to an activating group) is 2. The number of furan rings is 1. The van der Waals surface area contributed by atoms with Gasteiger partial charge in [-0.05, 0) is 81.7 Å². The highest BCUT2D eigenvalue weighted by Gasteiger charge is 2.38. The summed E-state index contributed by atoms with van der Waals surface area (Å²) in [6.07, 6.45) is 7.04. The Morgan fingerprint density at radius 2 is 1.58 bits per heavy atom. The molecular formula is C30H41ClN4O3. The molecule has 3 amide bonds. The van der Waals surface area contributed by atoms with E-state index in [0.717, 1.165) is 37.4 Å². The summed E-state index contributed by atoms with van der Waals surface area (Å²) in [6.45, 7) is 7.47. The summed E-state index contributed by atoms with van der Waals surface area (Å²) in [6, 6.07) is 10.2. The van der Waals surface area contributed by atoms with Crippen LogP contribution in [0, 0.1) is 12.8 Å². The molecule has 8 heteroatoms. The molecule has 1 aromatic heterocycles. The topological polar surface area (TPSA) is 60.2 Å². The molecule has 1 aliphatic carbocycles. The van der Waals surface area contributed by atoms with Crippen LogP contribution in [0.1, 0.15) is 61.6 Å². The summed E-state index contributed by atoms with van der Waals surface area (Å²) in [4.78, 5) is 35.1. The van der Waals surface area contributed by atoms with E-state index in [1.54, 1.807) is 4.90 Å². The number of urea groups is 1. The van der Waals surface area contributed by atoms with Gasteiger partial charge in [-0.15, -0.1) is 0 Å². The number of halogens is 1. The normalized spacial score (nSPS) is 26.1. The van der Waals surface area contributed by atoms with E-state index in [4.69, 9.17) is 16.0 Å². The van der Waals surface area contributed by atoms with E-state index in [2.05, 4.69) is 11.8 Å². The van der Waals surface area contributed by atoms with Gasteiger partial charge < -0.3 is 19.1 Å². The third-order valence-electron chi connectivity index (χ3n) is 9.12. The maximum Gasteiger partial charge on any atom is 0.320 e. The van der Waals surface area contributed by atoms with Crippen LogP contribution in [0.3, 0.4) is 0 Å². The number of aryl methyl sites for hydroxylation is 1. The van der Waals surface area contributed by atoms with E-state index in [0.29, 0.717) is 41.2 Å². The summed E-state index contributed by atoms with van der Waals surface area (Å²) < 4.78 is 5.91. The molecule has 0 bridgehead atoms. The van der Waals surface area contributed by atoms with E-state index in [9.17, 15) is 9.59 Å². The molecule has 206 valence electrons. The lowest BCUT2D eigenvalue weighted by Crippen LogP contribution is -2.48. The first kappa shape index (κ1) is 27.1. The molecule has 38 heavy (non-hydrogen) atoms. The summed E-state index contributed by atoms with van der Waals surface area (Å²) in [5, 5.41) is 0.656. The Hall–Kier alpha value is -2.51. The van der Waals surface area contributed by atoms with E-state index < -0.39 is 0 Å². The zero-order valence-corrected chi connectivity index (χ0v) is 23.9. The van der Waals surface area contributed by atoms with Gasteiger partial charge in [-0.25, -0.2) is 4.79 Å². The lowest BCUT2D eigenvalue weighted by atomic mass is 9.87. The van der Waals surface area contributed by atoms with Gasteiger partial charge in [0.2, 0.25) is 0 Å². The molecule has 0 radical (unpaired) electrons. The average molecular weight is 541 g/mol. The fourth-order valence-electron chi connectivity index (χ4n) is 6.44. The zero-order chi connectivity index (χ0) is 27.0. The molecule has 2 atom stereocenters. The monoisotopic (exact) mass is 540 g/mol. The molecule has 0 N–H and O–H groups in total. The standard InChI is InChI=1S/C30H41ClN4O3/c1-20-5-11-24(12-6-20)34-15-13-26(18-34)33(4)30(37)35-16-14-25(19-35)32(3)29(36)27-17-28(38-21(27)2)22-7-9-23(31)10-8-22/h7-10,17,20,24-26H,5-6,11-16,18-19H2,1-4H3/t20?,24?,25-,26+/m0/s1. The highest BCUT2D eigenvalue weighted by molar-refractivity contribution is 6.30. The van der Waals surface area contributed by atoms with Crippen LogP contribution < -0.4 is 0 Å². The number of likely N-dealkylation sites (tertiary alicyclic amines) is 2. The Labute approximate surface area is 231 Å². The van der Waals surface area contributed by atoms with Gasteiger partial charge in [-0.2, -0.15) is 0 Å². The molecular weight excluding hydrogens is 500 g/mol. The lowest BCUT2D eigenvalue weighted by Gasteiger charge is -2.34. The number of rotatable bonds is 5. The van der Waals surface area contributed by atoms with Crippen molar-refractivity contribution in [2.24, 2.45) is 5.92 Å². The molecule has 7 nitrogen and oxygen atoms in total. The first-order valence-corrected chi connectivity index (χ1v) is 14.5. The first-order chi connectivity index (χ1) is 18.2. The Bertz CT molecular complexity index is 1140. The van der Waals surface area contributed by atoms with Gasteiger partial charge in [0.25, 0.3) is 5.91 Å². The van der Waals surface area contributed by atoms with Gasteiger partial charge in [0.1, 0.15) is 11.5 Å².